The zero-order valence-corrected chi connectivity index (χ0v) is 28.7. The van der Waals surface area contributed by atoms with Crippen LogP contribution in [0.4, 0.5) is 17.1 Å². The van der Waals surface area contributed by atoms with E-state index in [-0.39, 0.29) is 0 Å². The van der Waals surface area contributed by atoms with Gasteiger partial charge in [0.05, 0.1) is 0 Å². The quantitative estimate of drug-likeness (QED) is 0.168. The highest BCUT2D eigenvalue weighted by Gasteiger charge is 2.18. The second-order valence-electron chi connectivity index (χ2n) is 13.2. The van der Waals surface area contributed by atoms with Gasteiger partial charge in [-0.1, -0.05) is 127 Å². The minimum atomic E-state index is 0.600. The SMILES string of the molecule is c1ccc(-c2ccc(-c3ccc(N(c4ccccc4)c4ccc(-c5cccc6oc7cc8oc(-c9ccccc9)nc8cc7c56)cc4)cc3)cc2)cc1. The van der Waals surface area contributed by atoms with Crippen molar-refractivity contribution in [3.8, 4) is 44.8 Å². The van der Waals surface area contributed by atoms with Crippen molar-refractivity contribution < 1.29 is 8.83 Å². The number of fused-ring (bicyclic) bond motifs is 4. The lowest BCUT2D eigenvalue weighted by molar-refractivity contribution is 0.617. The first kappa shape index (κ1) is 30.6. The standard InChI is InChI=1S/C49H32N2O2/c1-4-11-33(12-5-1)34-19-21-35(22-20-34)36-23-27-40(28-24-36)51(39-15-8-3-9-16-39)41-29-25-37(26-30-41)42-17-10-18-45-48(42)43-31-44-47(32-46(43)52-45)53-49(50-44)38-13-6-2-7-14-38/h1-32H. The maximum atomic E-state index is 6.39. The van der Waals surface area contributed by atoms with E-state index in [1.54, 1.807) is 0 Å². The van der Waals surface area contributed by atoms with Crippen LogP contribution in [0.15, 0.2) is 203 Å². The summed E-state index contributed by atoms with van der Waals surface area (Å²) in [7, 11) is 0. The Kier molecular flexibility index (Phi) is 7.43. The Balaban J connectivity index is 0.992. The summed E-state index contributed by atoms with van der Waals surface area (Å²) >= 11 is 0. The van der Waals surface area contributed by atoms with Gasteiger partial charge in [0.25, 0.3) is 0 Å². The summed E-state index contributed by atoms with van der Waals surface area (Å²) in [6.45, 7) is 0. The lowest BCUT2D eigenvalue weighted by Crippen LogP contribution is -2.09. The van der Waals surface area contributed by atoms with Gasteiger partial charge in [0.15, 0.2) is 5.58 Å². The third kappa shape index (κ3) is 5.63. The molecule has 0 saturated heterocycles. The summed E-state index contributed by atoms with van der Waals surface area (Å²) < 4.78 is 12.5. The van der Waals surface area contributed by atoms with E-state index < -0.39 is 0 Å². The highest BCUT2D eigenvalue weighted by molar-refractivity contribution is 6.15. The van der Waals surface area contributed by atoms with Crippen molar-refractivity contribution in [1.29, 1.82) is 0 Å². The van der Waals surface area contributed by atoms with Gasteiger partial charge >= 0.3 is 0 Å². The smallest absolute Gasteiger partial charge is 0.227 e. The Morgan fingerprint density at radius 2 is 0.868 bits per heavy atom. The molecule has 0 N–H and O–H groups in total. The van der Waals surface area contributed by atoms with Crippen molar-refractivity contribution in [2.45, 2.75) is 0 Å². The number of para-hydroxylation sites is 1. The second-order valence-corrected chi connectivity index (χ2v) is 13.2. The number of rotatable bonds is 7. The van der Waals surface area contributed by atoms with Crippen LogP contribution in [0.3, 0.4) is 0 Å². The first-order valence-electron chi connectivity index (χ1n) is 17.8. The van der Waals surface area contributed by atoms with Gasteiger partial charge in [-0.2, -0.15) is 0 Å². The molecule has 250 valence electrons. The zero-order valence-electron chi connectivity index (χ0n) is 28.7. The van der Waals surface area contributed by atoms with Crippen LogP contribution in [0.1, 0.15) is 0 Å². The van der Waals surface area contributed by atoms with E-state index in [2.05, 4.69) is 150 Å². The van der Waals surface area contributed by atoms with Crippen LogP contribution in [0.2, 0.25) is 0 Å². The van der Waals surface area contributed by atoms with E-state index in [4.69, 9.17) is 13.8 Å². The molecule has 0 unspecified atom stereocenters. The lowest BCUT2D eigenvalue weighted by atomic mass is 9.98. The molecule has 0 saturated carbocycles. The molecule has 0 fully saturated rings. The molecule has 0 amide bonds. The summed E-state index contributed by atoms with van der Waals surface area (Å²) in [5.41, 5.74) is 14.3. The molecule has 0 aliphatic carbocycles. The van der Waals surface area contributed by atoms with E-state index in [1.807, 2.05) is 48.5 Å². The zero-order chi connectivity index (χ0) is 35.1. The van der Waals surface area contributed by atoms with Crippen molar-refractivity contribution in [2.75, 3.05) is 4.90 Å². The van der Waals surface area contributed by atoms with Crippen molar-refractivity contribution in [1.82, 2.24) is 4.98 Å². The fourth-order valence-corrected chi connectivity index (χ4v) is 7.30. The number of furan rings is 1. The van der Waals surface area contributed by atoms with E-state index >= 15 is 0 Å². The van der Waals surface area contributed by atoms with Crippen LogP contribution in [-0.4, -0.2) is 4.98 Å². The molecule has 8 aromatic carbocycles. The van der Waals surface area contributed by atoms with Crippen LogP contribution < -0.4 is 4.90 Å². The molecule has 0 bridgehead atoms. The number of nitrogens with zero attached hydrogens (tertiary/aromatic N) is 2. The fourth-order valence-electron chi connectivity index (χ4n) is 7.30. The first-order valence-corrected chi connectivity index (χ1v) is 17.8. The molecule has 53 heavy (non-hydrogen) atoms. The molecule has 0 radical (unpaired) electrons. The van der Waals surface area contributed by atoms with Gasteiger partial charge in [-0.25, -0.2) is 4.98 Å². The topological polar surface area (TPSA) is 42.4 Å². The number of anilines is 3. The van der Waals surface area contributed by atoms with Gasteiger partial charge in [-0.15, -0.1) is 0 Å². The summed E-state index contributed by atoms with van der Waals surface area (Å²) in [4.78, 5) is 7.13. The first-order chi connectivity index (χ1) is 26.2. The molecule has 0 spiro atoms. The Morgan fingerprint density at radius 3 is 1.49 bits per heavy atom. The molecule has 10 aromatic rings. The van der Waals surface area contributed by atoms with E-state index in [9.17, 15) is 0 Å². The molecule has 0 aliphatic heterocycles. The average molecular weight is 681 g/mol. The van der Waals surface area contributed by atoms with Gasteiger partial charge in [0.2, 0.25) is 5.89 Å². The van der Waals surface area contributed by atoms with Crippen LogP contribution in [-0.2, 0) is 0 Å². The fraction of sp³-hybridized carbons (Fsp3) is 0. The summed E-state index contributed by atoms with van der Waals surface area (Å²) in [6.07, 6.45) is 0. The molecule has 0 aliphatic rings. The predicted molar refractivity (Wildman–Crippen MR) is 218 cm³/mol. The van der Waals surface area contributed by atoms with Crippen molar-refractivity contribution in [3.05, 3.63) is 194 Å². The van der Waals surface area contributed by atoms with Gasteiger partial charge < -0.3 is 13.7 Å². The van der Waals surface area contributed by atoms with E-state index in [0.29, 0.717) is 11.5 Å². The molecule has 0 atom stereocenters. The second kappa shape index (κ2) is 12.9. The Labute approximate surface area is 306 Å². The monoisotopic (exact) mass is 680 g/mol. The third-order valence-electron chi connectivity index (χ3n) is 9.93. The molecule has 4 heteroatoms. The number of hydrogen-bond acceptors (Lipinski definition) is 4. The Bertz CT molecular complexity index is 2840. The molecule has 4 nitrogen and oxygen atoms in total. The van der Waals surface area contributed by atoms with Crippen LogP contribution in [0.25, 0.3) is 77.9 Å². The molecule has 10 rings (SSSR count). The number of hydrogen-bond donors (Lipinski definition) is 0. The normalized spacial score (nSPS) is 11.4. The largest absolute Gasteiger partial charge is 0.456 e. The molecular formula is C49H32N2O2. The summed E-state index contributed by atoms with van der Waals surface area (Å²) in [5, 5.41) is 2.08. The number of aromatic nitrogens is 1. The van der Waals surface area contributed by atoms with E-state index in [1.165, 1.54) is 22.3 Å². The number of benzene rings is 8. The van der Waals surface area contributed by atoms with Crippen molar-refractivity contribution >= 4 is 50.1 Å². The summed E-state index contributed by atoms with van der Waals surface area (Å²) in [6, 6.07) is 67.7. The minimum absolute atomic E-state index is 0.600. The van der Waals surface area contributed by atoms with Gasteiger partial charge in [0.1, 0.15) is 16.7 Å². The highest BCUT2D eigenvalue weighted by Crippen LogP contribution is 2.41. The minimum Gasteiger partial charge on any atom is -0.456 e. The Hall–Kier alpha value is -7.17. The maximum Gasteiger partial charge on any atom is 0.227 e. The van der Waals surface area contributed by atoms with Crippen LogP contribution >= 0.6 is 0 Å². The number of oxazole rings is 1. The average Bonchev–Trinajstić information content (AvgIpc) is 3.82. The molecule has 2 heterocycles. The Morgan fingerprint density at radius 1 is 0.358 bits per heavy atom. The third-order valence-corrected chi connectivity index (χ3v) is 9.93. The van der Waals surface area contributed by atoms with E-state index in [0.717, 1.165) is 61.2 Å². The summed E-state index contributed by atoms with van der Waals surface area (Å²) in [5.74, 6) is 0.600. The van der Waals surface area contributed by atoms with Crippen molar-refractivity contribution in [3.63, 3.8) is 0 Å². The van der Waals surface area contributed by atoms with Gasteiger partial charge in [-0.05, 0) is 94.0 Å². The molecular weight excluding hydrogens is 649 g/mol. The lowest BCUT2D eigenvalue weighted by Gasteiger charge is -2.26. The molecule has 2 aromatic heterocycles. The van der Waals surface area contributed by atoms with Crippen LogP contribution in [0.5, 0.6) is 0 Å². The highest BCUT2D eigenvalue weighted by atomic mass is 16.4. The predicted octanol–water partition coefficient (Wildman–Crippen LogP) is 13.9. The van der Waals surface area contributed by atoms with Crippen LogP contribution in [0, 0.1) is 0 Å². The maximum absolute atomic E-state index is 6.39. The van der Waals surface area contributed by atoms with Gasteiger partial charge in [-0.3, -0.25) is 0 Å². The van der Waals surface area contributed by atoms with Gasteiger partial charge in [0, 0.05) is 39.5 Å². The van der Waals surface area contributed by atoms with Crippen molar-refractivity contribution in [2.24, 2.45) is 0 Å².